The molecule has 8 heteroatoms. The molecule has 0 heterocycles. The molecule has 1 aromatic rings. The number of carbonyl (C=O) groups excluding carboxylic acids is 4. The zero-order valence-electron chi connectivity index (χ0n) is 11.4. The average molecular weight is 294 g/mol. The highest BCUT2D eigenvalue weighted by Gasteiger charge is 2.20. The number of rotatable bonds is 4. The molecule has 0 aromatic heterocycles. The van der Waals surface area contributed by atoms with Crippen molar-refractivity contribution < 1.29 is 28.7 Å². The molecule has 0 unspecified atom stereocenters. The van der Waals surface area contributed by atoms with Crippen LogP contribution in [0.25, 0.3) is 0 Å². The van der Waals surface area contributed by atoms with Gasteiger partial charge in [0.2, 0.25) is 0 Å². The molecule has 112 valence electrons. The number of carbonyl (C=O) groups is 4. The van der Waals surface area contributed by atoms with E-state index in [1.807, 2.05) is 0 Å². The SMILES string of the molecule is COC(=O)c1ccc(C(=O)O[C@@H](C)C(=O)NC(N)=O)cc1. The van der Waals surface area contributed by atoms with Crippen molar-refractivity contribution in [3.8, 4) is 0 Å². The molecule has 21 heavy (non-hydrogen) atoms. The van der Waals surface area contributed by atoms with Gasteiger partial charge in [0.1, 0.15) is 0 Å². The Bertz CT molecular complexity index is 567. The van der Waals surface area contributed by atoms with Gasteiger partial charge in [0.15, 0.2) is 6.10 Å². The fraction of sp³-hybridized carbons (Fsp3) is 0.231. The predicted molar refractivity (Wildman–Crippen MR) is 70.4 cm³/mol. The number of ether oxygens (including phenoxy) is 2. The number of methoxy groups -OCH3 is 1. The van der Waals surface area contributed by atoms with Gasteiger partial charge in [-0.1, -0.05) is 0 Å². The standard InChI is InChI=1S/C13H14N2O6/c1-7(10(16)15-13(14)19)21-12(18)9-5-3-8(4-6-9)11(17)20-2/h3-7H,1-2H3,(H3,14,15,16,19)/t7-/m0/s1. The second kappa shape index (κ2) is 7.04. The average Bonchev–Trinajstić information content (AvgIpc) is 2.45. The lowest BCUT2D eigenvalue weighted by molar-refractivity contribution is -0.127. The van der Waals surface area contributed by atoms with Crippen LogP contribution < -0.4 is 11.1 Å². The summed E-state index contributed by atoms with van der Waals surface area (Å²) in [5.41, 5.74) is 5.19. The van der Waals surface area contributed by atoms with Gasteiger partial charge in [-0.2, -0.15) is 0 Å². The maximum absolute atomic E-state index is 11.8. The van der Waals surface area contributed by atoms with Crippen molar-refractivity contribution in [2.45, 2.75) is 13.0 Å². The molecule has 1 atom stereocenters. The van der Waals surface area contributed by atoms with Gasteiger partial charge in [0.25, 0.3) is 5.91 Å². The Kier molecular flexibility index (Phi) is 5.41. The zero-order valence-corrected chi connectivity index (χ0v) is 11.4. The van der Waals surface area contributed by atoms with E-state index in [0.29, 0.717) is 0 Å². The minimum Gasteiger partial charge on any atom is -0.465 e. The van der Waals surface area contributed by atoms with Crippen molar-refractivity contribution in [2.24, 2.45) is 5.73 Å². The Hall–Kier alpha value is -2.90. The summed E-state index contributed by atoms with van der Waals surface area (Å²) in [7, 11) is 1.24. The maximum Gasteiger partial charge on any atom is 0.338 e. The Labute approximate surface area is 120 Å². The van der Waals surface area contributed by atoms with Crippen molar-refractivity contribution in [2.75, 3.05) is 7.11 Å². The van der Waals surface area contributed by atoms with E-state index in [1.165, 1.54) is 38.3 Å². The van der Waals surface area contributed by atoms with Gasteiger partial charge < -0.3 is 15.2 Å². The summed E-state index contributed by atoms with van der Waals surface area (Å²) in [6.07, 6.45) is -1.19. The summed E-state index contributed by atoms with van der Waals surface area (Å²) in [6, 6.07) is 4.44. The van der Waals surface area contributed by atoms with Crippen LogP contribution >= 0.6 is 0 Å². The number of imide groups is 1. The van der Waals surface area contributed by atoms with Crippen LogP contribution in [0, 0.1) is 0 Å². The molecule has 3 N–H and O–H groups in total. The molecular weight excluding hydrogens is 280 g/mol. The molecule has 8 nitrogen and oxygen atoms in total. The number of benzene rings is 1. The summed E-state index contributed by atoms with van der Waals surface area (Å²) in [5, 5.41) is 1.79. The molecule has 0 spiro atoms. The molecule has 0 saturated carbocycles. The minimum atomic E-state index is -1.19. The van der Waals surface area contributed by atoms with Crippen LogP contribution in [-0.2, 0) is 14.3 Å². The van der Waals surface area contributed by atoms with Crippen LogP contribution in [0.3, 0.4) is 0 Å². The van der Waals surface area contributed by atoms with Gasteiger partial charge in [0, 0.05) is 0 Å². The van der Waals surface area contributed by atoms with E-state index in [9.17, 15) is 19.2 Å². The zero-order chi connectivity index (χ0) is 16.0. The molecule has 0 bridgehead atoms. The molecule has 0 aliphatic heterocycles. The summed E-state index contributed by atoms with van der Waals surface area (Å²) >= 11 is 0. The van der Waals surface area contributed by atoms with Gasteiger partial charge in [-0.05, 0) is 31.2 Å². The lowest BCUT2D eigenvalue weighted by atomic mass is 10.1. The highest BCUT2D eigenvalue weighted by atomic mass is 16.5. The number of hydrogen-bond donors (Lipinski definition) is 2. The van der Waals surface area contributed by atoms with E-state index in [0.717, 1.165) is 0 Å². The molecule has 0 saturated heterocycles. The van der Waals surface area contributed by atoms with Crippen molar-refractivity contribution in [3.63, 3.8) is 0 Å². The smallest absolute Gasteiger partial charge is 0.338 e. The maximum atomic E-state index is 11.8. The van der Waals surface area contributed by atoms with E-state index < -0.39 is 30.0 Å². The van der Waals surface area contributed by atoms with Gasteiger partial charge in [-0.25, -0.2) is 14.4 Å². The van der Waals surface area contributed by atoms with Gasteiger partial charge in [-0.3, -0.25) is 10.1 Å². The van der Waals surface area contributed by atoms with Crippen LogP contribution in [0.2, 0.25) is 0 Å². The van der Waals surface area contributed by atoms with Crippen LogP contribution in [0.4, 0.5) is 4.79 Å². The molecular formula is C13H14N2O6. The lowest BCUT2D eigenvalue weighted by Gasteiger charge is -2.12. The van der Waals surface area contributed by atoms with Crippen LogP contribution in [0.15, 0.2) is 24.3 Å². The topological polar surface area (TPSA) is 125 Å². The summed E-state index contributed by atoms with van der Waals surface area (Å²) in [4.78, 5) is 44.8. The monoisotopic (exact) mass is 294 g/mol. The van der Waals surface area contributed by atoms with Crippen molar-refractivity contribution in [1.29, 1.82) is 0 Å². The fourth-order valence-electron chi connectivity index (χ4n) is 1.37. The van der Waals surface area contributed by atoms with E-state index in [-0.39, 0.29) is 11.1 Å². The number of urea groups is 1. The molecule has 3 amide bonds. The first-order chi connectivity index (χ1) is 9.85. The number of primary amides is 1. The number of nitrogens with two attached hydrogens (primary N) is 1. The van der Waals surface area contributed by atoms with Gasteiger partial charge in [-0.15, -0.1) is 0 Å². The van der Waals surface area contributed by atoms with E-state index in [4.69, 9.17) is 10.5 Å². The van der Waals surface area contributed by atoms with Crippen LogP contribution in [0.5, 0.6) is 0 Å². The highest BCUT2D eigenvalue weighted by molar-refractivity contribution is 5.98. The molecule has 0 aliphatic carbocycles. The molecule has 0 radical (unpaired) electrons. The van der Waals surface area contributed by atoms with Crippen molar-refractivity contribution in [3.05, 3.63) is 35.4 Å². The quantitative estimate of drug-likeness (QED) is 0.765. The Morgan fingerprint density at radius 3 is 1.95 bits per heavy atom. The van der Waals surface area contributed by atoms with E-state index >= 15 is 0 Å². The number of hydrogen-bond acceptors (Lipinski definition) is 6. The van der Waals surface area contributed by atoms with Crippen LogP contribution in [0.1, 0.15) is 27.6 Å². The van der Waals surface area contributed by atoms with E-state index in [2.05, 4.69) is 4.74 Å². The third-order valence-electron chi connectivity index (χ3n) is 2.44. The lowest BCUT2D eigenvalue weighted by Crippen LogP contribution is -2.42. The molecule has 0 fully saturated rings. The third-order valence-corrected chi connectivity index (χ3v) is 2.44. The summed E-state index contributed by atoms with van der Waals surface area (Å²) in [6.45, 7) is 1.29. The normalized spacial score (nSPS) is 11.1. The molecule has 1 aromatic carbocycles. The summed E-state index contributed by atoms with van der Waals surface area (Å²) in [5.74, 6) is -2.15. The number of amides is 3. The third kappa shape index (κ3) is 4.60. The van der Waals surface area contributed by atoms with E-state index in [1.54, 1.807) is 5.32 Å². The van der Waals surface area contributed by atoms with Crippen LogP contribution in [-0.4, -0.2) is 37.1 Å². The Morgan fingerprint density at radius 1 is 1.05 bits per heavy atom. The summed E-state index contributed by atoms with van der Waals surface area (Å²) < 4.78 is 9.37. The fourth-order valence-corrected chi connectivity index (χ4v) is 1.37. The van der Waals surface area contributed by atoms with Crippen molar-refractivity contribution >= 4 is 23.9 Å². The Morgan fingerprint density at radius 2 is 1.52 bits per heavy atom. The molecule has 0 aliphatic rings. The second-order valence-electron chi connectivity index (χ2n) is 3.97. The highest BCUT2D eigenvalue weighted by Crippen LogP contribution is 2.08. The first-order valence-corrected chi connectivity index (χ1v) is 5.84. The van der Waals surface area contributed by atoms with Gasteiger partial charge >= 0.3 is 18.0 Å². The van der Waals surface area contributed by atoms with Crippen molar-refractivity contribution in [1.82, 2.24) is 5.32 Å². The number of esters is 2. The van der Waals surface area contributed by atoms with Gasteiger partial charge in [0.05, 0.1) is 18.2 Å². The first kappa shape index (κ1) is 16.2. The molecule has 1 rings (SSSR count). The minimum absolute atomic E-state index is 0.140. The predicted octanol–water partition coefficient (Wildman–Crippen LogP) is 0.213. The first-order valence-electron chi connectivity index (χ1n) is 5.84. The number of nitrogens with one attached hydrogen (secondary N) is 1. The Balaban J connectivity index is 2.69. The second-order valence-corrected chi connectivity index (χ2v) is 3.97. The largest absolute Gasteiger partial charge is 0.465 e.